The molecule has 1 aliphatic rings. The van der Waals surface area contributed by atoms with Gasteiger partial charge in [-0.2, -0.15) is 17.2 Å². The fraction of sp³-hybridized carbons (Fsp3) is 0.500. The number of hydrogen-bond acceptors (Lipinski definition) is 7. The van der Waals surface area contributed by atoms with E-state index in [9.17, 15) is 36.7 Å². The minimum Gasteiger partial charge on any atom is -0.506 e. The molecule has 0 saturated heterocycles. The molecule has 1 fully saturated rings. The van der Waals surface area contributed by atoms with Crippen LogP contribution in [0, 0.1) is 19.0 Å². The third-order valence-electron chi connectivity index (χ3n) is 5.03. The van der Waals surface area contributed by atoms with Gasteiger partial charge in [-0.3, -0.25) is 24.3 Å². The number of benzene rings is 1. The number of amides is 2. The van der Waals surface area contributed by atoms with Gasteiger partial charge in [0.25, 0.3) is 5.91 Å². The van der Waals surface area contributed by atoms with Gasteiger partial charge in [0.05, 0.1) is 21.0 Å². The van der Waals surface area contributed by atoms with E-state index in [1.165, 1.54) is 6.07 Å². The lowest BCUT2D eigenvalue weighted by Crippen LogP contribution is -2.46. The molecule has 14 heteroatoms. The number of phenols is 1. The predicted molar refractivity (Wildman–Crippen MR) is 124 cm³/mol. The molecule has 2 rings (SSSR count). The Bertz CT molecular complexity index is 1030. The standard InChI is InChI=1S/C18H19F2I2NO8S/c1-8(18(19,20)32(28,29)30)31-17(27)11-5-3-2-4-10(11)15(25)23-16(26)12-6-9(21)7-13(22)14(12)24/h6-8,10-11,24H,2-5H2,1H3,(H,23,25,26)(H,28,29,30). The Labute approximate surface area is 209 Å². The van der Waals surface area contributed by atoms with E-state index in [4.69, 9.17) is 4.55 Å². The van der Waals surface area contributed by atoms with Crippen LogP contribution in [-0.2, 0) is 24.4 Å². The minimum atomic E-state index is -5.82. The first kappa shape index (κ1) is 27.1. The molecule has 0 heterocycles. The SMILES string of the molecule is CC(OC(=O)C1CCCCC1C(=O)NC(=O)c1cc(I)cc(I)c1O)C(F)(F)S(=O)(=O)O. The van der Waals surface area contributed by atoms with E-state index in [2.05, 4.69) is 10.1 Å². The van der Waals surface area contributed by atoms with Crippen molar-refractivity contribution in [1.29, 1.82) is 0 Å². The largest absolute Gasteiger partial charge is 0.506 e. The van der Waals surface area contributed by atoms with Crippen LogP contribution in [-0.4, -0.2) is 47.2 Å². The Morgan fingerprint density at radius 2 is 1.75 bits per heavy atom. The van der Waals surface area contributed by atoms with Gasteiger partial charge in [-0.05, 0) is 77.1 Å². The molecule has 1 saturated carbocycles. The summed E-state index contributed by atoms with van der Waals surface area (Å²) in [5.74, 6) is -5.58. The average Bonchev–Trinajstić information content (AvgIpc) is 2.69. The maximum atomic E-state index is 13.7. The van der Waals surface area contributed by atoms with Crippen molar-refractivity contribution in [2.75, 3.05) is 0 Å². The molecule has 3 unspecified atom stereocenters. The molecule has 2 amide bonds. The van der Waals surface area contributed by atoms with Crippen molar-refractivity contribution in [3.05, 3.63) is 24.8 Å². The van der Waals surface area contributed by atoms with Crippen LogP contribution in [0.15, 0.2) is 12.1 Å². The number of imide groups is 1. The van der Waals surface area contributed by atoms with E-state index < -0.39 is 51.1 Å². The maximum Gasteiger partial charge on any atom is 0.405 e. The number of aromatic hydroxyl groups is 1. The zero-order valence-corrected chi connectivity index (χ0v) is 21.6. The molecule has 3 atom stereocenters. The second kappa shape index (κ2) is 10.4. The van der Waals surface area contributed by atoms with E-state index in [-0.39, 0.29) is 24.2 Å². The summed E-state index contributed by atoms with van der Waals surface area (Å²) in [5, 5.41) is 7.48. The Kier molecular flexibility index (Phi) is 8.82. The summed E-state index contributed by atoms with van der Waals surface area (Å²) in [5.41, 5.74) is -0.147. The predicted octanol–water partition coefficient (Wildman–Crippen LogP) is 3.08. The number of esters is 1. The summed E-state index contributed by atoms with van der Waals surface area (Å²) in [6, 6.07) is 2.98. The molecule has 0 bridgehead atoms. The first-order valence-corrected chi connectivity index (χ1v) is 12.8. The molecule has 0 aromatic heterocycles. The van der Waals surface area contributed by atoms with Crippen LogP contribution in [0.25, 0.3) is 0 Å². The maximum absolute atomic E-state index is 13.7. The van der Waals surface area contributed by atoms with Crippen molar-refractivity contribution >= 4 is 73.1 Å². The fourth-order valence-corrected chi connectivity index (χ4v) is 5.59. The summed E-state index contributed by atoms with van der Waals surface area (Å²) >= 11 is 3.75. The van der Waals surface area contributed by atoms with Crippen molar-refractivity contribution in [3.8, 4) is 5.75 Å². The van der Waals surface area contributed by atoms with Crippen LogP contribution in [0.4, 0.5) is 8.78 Å². The summed E-state index contributed by atoms with van der Waals surface area (Å²) in [7, 11) is -5.82. The highest BCUT2D eigenvalue weighted by molar-refractivity contribution is 14.1. The smallest absolute Gasteiger partial charge is 0.405 e. The zero-order chi connectivity index (χ0) is 24.4. The first-order chi connectivity index (χ1) is 14.7. The van der Waals surface area contributed by atoms with Crippen molar-refractivity contribution in [1.82, 2.24) is 5.32 Å². The molecule has 32 heavy (non-hydrogen) atoms. The van der Waals surface area contributed by atoms with Crippen LogP contribution in [0.1, 0.15) is 43.0 Å². The van der Waals surface area contributed by atoms with Crippen LogP contribution < -0.4 is 5.32 Å². The lowest BCUT2D eigenvalue weighted by Gasteiger charge is -2.30. The molecule has 1 aliphatic carbocycles. The number of halogens is 4. The van der Waals surface area contributed by atoms with Crippen molar-refractivity contribution in [3.63, 3.8) is 0 Å². The second-order valence-corrected chi connectivity index (χ2v) is 11.1. The van der Waals surface area contributed by atoms with Crippen LogP contribution >= 0.6 is 45.2 Å². The van der Waals surface area contributed by atoms with Crippen molar-refractivity contribution in [2.24, 2.45) is 11.8 Å². The Morgan fingerprint density at radius 3 is 2.31 bits per heavy atom. The Morgan fingerprint density at radius 1 is 1.19 bits per heavy atom. The third kappa shape index (κ3) is 6.05. The number of carbonyl (C=O) groups excluding carboxylic acids is 3. The normalized spacial score (nSPS) is 20.3. The van der Waals surface area contributed by atoms with Crippen LogP contribution in [0.2, 0.25) is 0 Å². The van der Waals surface area contributed by atoms with Crippen LogP contribution in [0.3, 0.4) is 0 Å². The number of phenolic OH excluding ortho intramolecular Hbond substituents is 1. The lowest BCUT2D eigenvalue weighted by atomic mass is 9.78. The van der Waals surface area contributed by atoms with Crippen molar-refractivity contribution in [2.45, 2.75) is 44.0 Å². The van der Waals surface area contributed by atoms with Gasteiger partial charge in [-0.15, -0.1) is 0 Å². The quantitative estimate of drug-likeness (QED) is 0.178. The van der Waals surface area contributed by atoms with Gasteiger partial charge < -0.3 is 9.84 Å². The molecule has 3 N–H and O–H groups in total. The Balaban J connectivity index is 2.17. The second-order valence-electron chi connectivity index (χ2n) is 7.22. The number of rotatable bonds is 6. The van der Waals surface area contributed by atoms with Gasteiger partial charge in [0.1, 0.15) is 5.75 Å². The van der Waals surface area contributed by atoms with E-state index in [0.717, 1.165) is 0 Å². The van der Waals surface area contributed by atoms with Gasteiger partial charge in [-0.1, -0.05) is 12.8 Å². The highest BCUT2D eigenvalue weighted by atomic mass is 127. The van der Waals surface area contributed by atoms with Gasteiger partial charge in [0.2, 0.25) is 5.91 Å². The lowest BCUT2D eigenvalue weighted by molar-refractivity contribution is -0.169. The van der Waals surface area contributed by atoms with Crippen molar-refractivity contribution < 1.29 is 46.0 Å². The first-order valence-electron chi connectivity index (χ1n) is 9.25. The number of nitrogens with one attached hydrogen (secondary N) is 1. The third-order valence-corrected chi connectivity index (χ3v) is 7.49. The van der Waals surface area contributed by atoms with E-state index in [1.807, 2.05) is 45.2 Å². The fourth-order valence-electron chi connectivity index (χ4n) is 3.28. The topological polar surface area (TPSA) is 147 Å². The number of hydrogen-bond donors (Lipinski definition) is 3. The average molecular weight is 701 g/mol. The van der Waals surface area contributed by atoms with E-state index in [1.54, 1.807) is 6.07 Å². The zero-order valence-electron chi connectivity index (χ0n) is 16.5. The molecule has 9 nitrogen and oxygen atoms in total. The van der Waals surface area contributed by atoms with Gasteiger partial charge in [-0.25, -0.2) is 0 Å². The van der Waals surface area contributed by atoms with Crippen LogP contribution in [0.5, 0.6) is 5.75 Å². The summed E-state index contributed by atoms with van der Waals surface area (Å²) in [6.07, 6.45) is -1.22. The molecule has 0 aliphatic heterocycles. The molecule has 178 valence electrons. The monoisotopic (exact) mass is 701 g/mol. The van der Waals surface area contributed by atoms with E-state index in [0.29, 0.717) is 26.9 Å². The molecular formula is C18H19F2I2NO8S. The number of ether oxygens (including phenoxy) is 1. The summed E-state index contributed by atoms with van der Waals surface area (Å²) < 4.78 is 63.4. The summed E-state index contributed by atoms with van der Waals surface area (Å²) in [4.78, 5) is 37.7. The molecule has 0 radical (unpaired) electrons. The number of carbonyl (C=O) groups is 3. The highest BCUT2D eigenvalue weighted by Gasteiger charge is 2.52. The van der Waals surface area contributed by atoms with Gasteiger partial charge >= 0.3 is 21.3 Å². The molecule has 1 aromatic carbocycles. The minimum absolute atomic E-state index is 0.0989. The highest BCUT2D eigenvalue weighted by Crippen LogP contribution is 2.34. The van der Waals surface area contributed by atoms with Gasteiger partial charge in [0.15, 0.2) is 6.10 Å². The Hall–Kier alpha value is -1.14. The molecular weight excluding hydrogens is 682 g/mol. The number of alkyl halides is 2. The molecule has 0 spiro atoms. The molecule has 1 aromatic rings. The van der Waals surface area contributed by atoms with E-state index >= 15 is 0 Å². The summed E-state index contributed by atoms with van der Waals surface area (Å²) in [6.45, 7) is 0.606. The van der Waals surface area contributed by atoms with Gasteiger partial charge in [0, 0.05) is 3.57 Å².